The molecule has 1 atom stereocenters. The van der Waals surface area contributed by atoms with Crippen molar-refractivity contribution in [2.75, 3.05) is 11.4 Å². The maximum absolute atomic E-state index is 13.2. The summed E-state index contributed by atoms with van der Waals surface area (Å²) in [5.41, 5.74) is 3.71. The van der Waals surface area contributed by atoms with Crippen LogP contribution in [0.4, 0.5) is 5.69 Å². The second kappa shape index (κ2) is 8.55. The van der Waals surface area contributed by atoms with Crippen LogP contribution < -0.4 is 10.2 Å². The first kappa shape index (κ1) is 20.4. The summed E-state index contributed by atoms with van der Waals surface area (Å²) in [6, 6.07) is 25.4. The fourth-order valence-corrected chi connectivity index (χ4v) is 5.05. The third-order valence-electron chi connectivity index (χ3n) is 5.84. The number of anilines is 1. The van der Waals surface area contributed by atoms with Gasteiger partial charge in [-0.05, 0) is 36.2 Å². The Morgan fingerprint density at radius 2 is 1.69 bits per heavy atom. The van der Waals surface area contributed by atoms with E-state index in [0.29, 0.717) is 6.54 Å². The van der Waals surface area contributed by atoms with Gasteiger partial charge in [0, 0.05) is 18.7 Å². The van der Waals surface area contributed by atoms with Crippen molar-refractivity contribution in [3.63, 3.8) is 0 Å². The van der Waals surface area contributed by atoms with Gasteiger partial charge < -0.3 is 10.2 Å². The summed E-state index contributed by atoms with van der Waals surface area (Å²) in [4.78, 5) is 32.3. The molecule has 3 aromatic carbocycles. The first-order valence-corrected chi connectivity index (χ1v) is 11.5. The van der Waals surface area contributed by atoms with Crippen LogP contribution in [0.15, 0.2) is 78.9 Å². The molecule has 0 radical (unpaired) electrons. The highest BCUT2D eigenvalue weighted by atomic mass is 32.1. The van der Waals surface area contributed by atoms with Crippen molar-refractivity contribution < 1.29 is 9.59 Å². The van der Waals surface area contributed by atoms with Crippen molar-refractivity contribution >= 4 is 39.1 Å². The number of rotatable bonds is 5. The van der Waals surface area contributed by atoms with Gasteiger partial charge in [0.1, 0.15) is 0 Å². The lowest BCUT2D eigenvalue weighted by Gasteiger charge is -2.22. The van der Waals surface area contributed by atoms with Gasteiger partial charge in [-0.3, -0.25) is 9.59 Å². The molecule has 32 heavy (non-hydrogen) atoms. The molecule has 1 aliphatic rings. The van der Waals surface area contributed by atoms with Crippen LogP contribution in [0.1, 0.15) is 28.6 Å². The lowest BCUT2D eigenvalue weighted by atomic mass is 9.97. The molecule has 160 valence electrons. The van der Waals surface area contributed by atoms with E-state index in [1.165, 1.54) is 0 Å². The predicted octanol–water partition coefficient (Wildman–Crippen LogP) is 4.86. The molecule has 2 heterocycles. The summed E-state index contributed by atoms with van der Waals surface area (Å²) in [5, 5.41) is 4.18. The van der Waals surface area contributed by atoms with Crippen molar-refractivity contribution in [1.82, 2.24) is 10.3 Å². The van der Waals surface area contributed by atoms with Crippen molar-refractivity contribution in [3.8, 4) is 0 Å². The lowest BCUT2D eigenvalue weighted by Crippen LogP contribution is -2.36. The molecule has 1 unspecified atom stereocenters. The smallest absolute Gasteiger partial charge is 0.227 e. The normalized spacial score (nSPS) is 16.1. The zero-order valence-corrected chi connectivity index (χ0v) is 18.5. The standard InChI is InChI=1S/C26H23N3O2S/c1-17-27-22-15-21(12-13-23(22)32-17)29-16-20(14-24(29)30)26(31)28-25(18-8-4-2-5-9-18)19-10-6-3-7-11-19/h2-13,15,20,25H,14,16H2,1H3,(H,28,31). The molecule has 5 nitrogen and oxygen atoms in total. The van der Waals surface area contributed by atoms with Gasteiger partial charge in [-0.2, -0.15) is 0 Å². The number of benzene rings is 3. The second-order valence-corrected chi connectivity index (χ2v) is 9.29. The third-order valence-corrected chi connectivity index (χ3v) is 6.79. The summed E-state index contributed by atoms with van der Waals surface area (Å²) in [6.45, 7) is 2.34. The molecule has 0 spiro atoms. The van der Waals surface area contributed by atoms with E-state index in [1.54, 1.807) is 16.2 Å². The predicted molar refractivity (Wildman–Crippen MR) is 128 cm³/mol. The van der Waals surface area contributed by atoms with Crippen molar-refractivity contribution in [3.05, 3.63) is 95.0 Å². The number of hydrogen-bond acceptors (Lipinski definition) is 4. The van der Waals surface area contributed by atoms with Gasteiger partial charge in [0.05, 0.1) is 27.2 Å². The molecule has 2 amide bonds. The Bertz CT molecular complexity index is 1230. The van der Waals surface area contributed by atoms with Gasteiger partial charge in [0.25, 0.3) is 0 Å². The van der Waals surface area contributed by atoms with Crippen LogP contribution >= 0.6 is 11.3 Å². The largest absolute Gasteiger partial charge is 0.345 e. The lowest BCUT2D eigenvalue weighted by molar-refractivity contribution is -0.126. The van der Waals surface area contributed by atoms with Crippen LogP contribution in [-0.4, -0.2) is 23.3 Å². The first-order chi connectivity index (χ1) is 15.6. The number of carbonyl (C=O) groups excluding carboxylic acids is 2. The van der Waals surface area contributed by atoms with Gasteiger partial charge in [-0.25, -0.2) is 4.98 Å². The summed E-state index contributed by atoms with van der Waals surface area (Å²) in [6.07, 6.45) is 0.205. The molecule has 5 rings (SSSR count). The fraction of sp³-hybridized carbons (Fsp3) is 0.192. The van der Waals surface area contributed by atoms with Crippen molar-refractivity contribution in [1.29, 1.82) is 0 Å². The quantitative estimate of drug-likeness (QED) is 0.481. The van der Waals surface area contributed by atoms with Crippen LogP contribution in [0.3, 0.4) is 0 Å². The SMILES string of the molecule is Cc1nc2cc(N3CC(C(=O)NC(c4ccccc4)c4ccccc4)CC3=O)ccc2s1. The summed E-state index contributed by atoms with van der Waals surface area (Å²) in [7, 11) is 0. The third kappa shape index (κ3) is 4.01. The molecule has 1 fully saturated rings. The van der Waals surface area contributed by atoms with E-state index in [4.69, 9.17) is 0 Å². The van der Waals surface area contributed by atoms with E-state index < -0.39 is 5.92 Å². The Kier molecular flexibility index (Phi) is 5.45. The van der Waals surface area contributed by atoms with E-state index in [2.05, 4.69) is 10.3 Å². The first-order valence-electron chi connectivity index (χ1n) is 10.7. The van der Waals surface area contributed by atoms with Crippen LogP contribution in [-0.2, 0) is 9.59 Å². The fourth-order valence-electron chi connectivity index (χ4n) is 4.24. The molecule has 1 N–H and O–H groups in total. The maximum Gasteiger partial charge on any atom is 0.227 e. The molecule has 0 saturated carbocycles. The van der Waals surface area contributed by atoms with Gasteiger partial charge in [0.15, 0.2) is 0 Å². The number of fused-ring (bicyclic) bond motifs is 1. The van der Waals surface area contributed by atoms with Crippen LogP contribution in [0.2, 0.25) is 0 Å². The van der Waals surface area contributed by atoms with Crippen LogP contribution in [0, 0.1) is 12.8 Å². The number of nitrogens with one attached hydrogen (secondary N) is 1. The Morgan fingerprint density at radius 1 is 1.03 bits per heavy atom. The monoisotopic (exact) mass is 441 g/mol. The molecule has 4 aromatic rings. The molecular formula is C26H23N3O2S. The Hall–Kier alpha value is -3.51. The number of amides is 2. The van der Waals surface area contributed by atoms with E-state index in [0.717, 1.165) is 32.0 Å². The Morgan fingerprint density at radius 3 is 2.34 bits per heavy atom. The van der Waals surface area contributed by atoms with E-state index >= 15 is 0 Å². The topological polar surface area (TPSA) is 62.3 Å². The minimum Gasteiger partial charge on any atom is -0.345 e. The number of aryl methyl sites for hydroxylation is 1. The zero-order chi connectivity index (χ0) is 22.1. The number of carbonyl (C=O) groups is 2. The summed E-state index contributed by atoms with van der Waals surface area (Å²) in [5.74, 6) is -0.540. The number of hydrogen-bond donors (Lipinski definition) is 1. The van der Waals surface area contributed by atoms with Gasteiger partial charge in [0.2, 0.25) is 11.8 Å². The molecule has 1 saturated heterocycles. The van der Waals surface area contributed by atoms with E-state index in [9.17, 15) is 9.59 Å². The highest BCUT2D eigenvalue weighted by molar-refractivity contribution is 7.18. The van der Waals surface area contributed by atoms with Crippen LogP contribution in [0.5, 0.6) is 0 Å². The number of aromatic nitrogens is 1. The van der Waals surface area contributed by atoms with Gasteiger partial charge >= 0.3 is 0 Å². The minimum atomic E-state index is -0.398. The number of nitrogens with zero attached hydrogens (tertiary/aromatic N) is 2. The van der Waals surface area contributed by atoms with Crippen molar-refractivity contribution in [2.45, 2.75) is 19.4 Å². The van der Waals surface area contributed by atoms with E-state index in [-0.39, 0.29) is 24.3 Å². The van der Waals surface area contributed by atoms with Crippen molar-refractivity contribution in [2.24, 2.45) is 5.92 Å². The summed E-state index contributed by atoms with van der Waals surface area (Å²) < 4.78 is 1.10. The maximum atomic E-state index is 13.2. The molecular weight excluding hydrogens is 418 g/mol. The highest BCUT2D eigenvalue weighted by Gasteiger charge is 2.36. The second-order valence-electron chi connectivity index (χ2n) is 8.05. The average Bonchev–Trinajstić information content (AvgIpc) is 3.39. The van der Waals surface area contributed by atoms with Gasteiger partial charge in [-0.1, -0.05) is 60.7 Å². The molecule has 1 aliphatic heterocycles. The van der Waals surface area contributed by atoms with Crippen LogP contribution in [0.25, 0.3) is 10.2 Å². The molecule has 1 aromatic heterocycles. The van der Waals surface area contributed by atoms with E-state index in [1.807, 2.05) is 85.8 Å². The number of thiazole rings is 1. The van der Waals surface area contributed by atoms with Gasteiger partial charge in [-0.15, -0.1) is 11.3 Å². The molecule has 0 aliphatic carbocycles. The highest BCUT2D eigenvalue weighted by Crippen LogP contribution is 2.31. The Labute approximate surface area is 190 Å². The average molecular weight is 442 g/mol. The summed E-state index contributed by atoms with van der Waals surface area (Å²) >= 11 is 1.63. The zero-order valence-electron chi connectivity index (χ0n) is 17.7. The Balaban J connectivity index is 1.36. The molecule has 6 heteroatoms. The minimum absolute atomic E-state index is 0.0348. The molecule has 0 bridgehead atoms.